The lowest BCUT2D eigenvalue weighted by atomic mass is 9.68. The van der Waals surface area contributed by atoms with E-state index in [0.717, 1.165) is 4.47 Å². The molecule has 4 heteroatoms. The highest BCUT2D eigenvalue weighted by Gasteiger charge is 2.49. The maximum Gasteiger partial charge on any atom is 0.176 e. The lowest BCUT2D eigenvalue weighted by Gasteiger charge is -2.44. The molecule has 0 fully saturated rings. The van der Waals surface area contributed by atoms with Crippen LogP contribution in [0.1, 0.15) is 51.9 Å². The molecule has 1 aliphatic heterocycles. The lowest BCUT2D eigenvalue weighted by Crippen LogP contribution is -2.53. The van der Waals surface area contributed by atoms with Crippen LogP contribution >= 0.6 is 15.9 Å². The van der Waals surface area contributed by atoms with E-state index in [1.165, 1.54) is 0 Å². The summed E-state index contributed by atoms with van der Waals surface area (Å²) in [4.78, 5) is 13.1. The second-order valence-electron chi connectivity index (χ2n) is 8.25. The first-order chi connectivity index (χ1) is 9.93. The minimum Gasteiger partial charge on any atom is -0.488 e. The zero-order valence-corrected chi connectivity index (χ0v) is 15.7. The van der Waals surface area contributed by atoms with Crippen LogP contribution in [-0.2, 0) is 0 Å². The van der Waals surface area contributed by atoms with Crippen LogP contribution in [0.4, 0.5) is 0 Å². The van der Waals surface area contributed by atoms with Crippen molar-refractivity contribution in [3.05, 3.63) is 28.2 Å². The molecule has 0 aromatic heterocycles. The summed E-state index contributed by atoms with van der Waals surface area (Å²) in [5, 5.41) is 10.8. The summed E-state index contributed by atoms with van der Waals surface area (Å²) < 4.78 is 6.98. The fourth-order valence-electron chi connectivity index (χ4n) is 2.89. The molecule has 0 bridgehead atoms. The van der Waals surface area contributed by atoms with Crippen molar-refractivity contribution in [3.8, 4) is 5.75 Å². The molecule has 0 unspecified atom stereocenters. The molecule has 0 amide bonds. The molecule has 3 atom stereocenters. The van der Waals surface area contributed by atoms with Crippen LogP contribution in [0.5, 0.6) is 5.75 Å². The standard InChI is InChI=1S/C18H25BrO3/c1-17(2,3)15(21)13-14(20)11-9-10(19)7-8-12(11)22-16(13)18(4,5)6/h7-9,13,15-16,21H,1-6H3/t13-,15+,16+/m0/s1. The molecule has 1 N–H and O–H groups in total. The van der Waals surface area contributed by atoms with Gasteiger partial charge < -0.3 is 9.84 Å². The molecule has 0 saturated heterocycles. The number of halogens is 1. The van der Waals surface area contributed by atoms with Crippen molar-refractivity contribution in [3.63, 3.8) is 0 Å². The molecule has 2 rings (SSSR count). The normalized spacial score (nSPS) is 23.7. The topological polar surface area (TPSA) is 46.5 Å². The van der Waals surface area contributed by atoms with Crippen molar-refractivity contribution >= 4 is 21.7 Å². The monoisotopic (exact) mass is 368 g/mol. The van der Waals surface area contributed by atoms with Crippen LogP contribution in [0.2, 0.25) is 0 Å². The third kappa shape index (κ3) is 3.23. The van der Waals surface area contributed by atoms with E-state index < -0.39 is 17.4 Å². The van der Waals surface area contributed by atoms with E-state index in [1.807, 2.05) is 53.7 Å². The molecular weight excluding hydrogens is 344 g/mol. The van der Waals surface area contributed by atoms with Crippen LogP contribution in [0, 0.1) is 16.7 Å². The molecule has 1 aliphatic rings. The largest absolute Gasteiger partial charge is 0.488 e. The van der Waals surface area contributed by atoms with Crippen molar-refractivity contribution in [2.45, 2.75) is 53.8 Å². The summed E-state index contributed by atoms with van der Waals surface area (Å²) in [7, 11) is 0. The van der Waals surface area contributed by atoms with Crippen molar-refractivity contribution in [2.24, 2.45) is 16.7 Å². The number of aliphatic hydroxyl groups excluding tert-OH is 1. The molecule has 3 nitrogen and oxygen atoms in total. The Labute approximate surface area is 141 Å². The maximum absolute atomic E-state index is 13.1. The Hall–Kier alpha value is -0.870. The molecule has 1 heterocycles. The fraction of sp³-hybridized carbons (Fsp3) is 0.611. The predicted molar refractivity (Wildman–Crippen MR) is 91.3 cm³/mol. The quantitative estimate of drug-likeness (QED) is 0.795. The molecule has 1 aromatic rings. The van der Waals surface area contributed by atoms with Gasteiger partial charge in [0.1, 0.15) is 11.9 Å². The number of ketones is 1. The summed E-state index contributed by atoms with van der Waals surface area (Å²) in [6.07, 6.45) is -1.13. The number of Topliss-reactive ketones (excluding diaryl/α,β-unsaturated/α-hetero) is 1. The Kier molecular flexibility index (Phi) is 4.48. The van der Waals surface area contributed by atoms with Gasteiger partial charge in [-0.2, -0.15) is 0 Å². The average molecular weight is 369 g/mol. The van der Waals surface area contributed by atoms with Gasteiger partial charge in [0.15, 0.2) is 5.78 Å². The van der Waals surface area contributed by atoms with Gasteiger partial charge in [0, 0.05) is 4.47 Å². The van der Waals surface area contributed by atoms with Crippen LogP contribution in [-0.4, -0.2) is 23.1 Å². The number of rotatable bonds is 1. The van der Waals surface area contributed by atoms with E-state index in [1.54, 1.807) is 6.07 Å². The highest BCUT2D eigenvalue weighted by atomic mass is 79.9. The summed E-state index contributed by atoms with van der Waals surface area (Å²) in [5.74, 6) is -0.00261. The molecule has 0 spiro atoms. The Bertz CT molecular complexity index is 581. The Morgan fingerprint density at radius 2 is 1.77 bits per heavy atom. The van der Waals surface area contributed by atoms with Crippen LogP contribution < -0.4 is 4.74 Å². The van der Waals surface area contributed by atoms with Crippen molar-refractivity contribution in [2.75, 3.05) is 0 Å². The number of aliphatic hydroxyl groups is 1. The molecule has 0 radical (unpaired) electrons. The van der Waals surface area contributed by atoms with Crippen LogP contribution in [0.3, 0.4) is 0 Å². The van der Waals surface area contributed by atoms with Gasteiger partial charge in [-0.1, -0.05) is 57.5 Å². The molecule has 0 aliphatic carbocycles. The van der Waals surface area contributed by atoms with E-state index in [9.17, 15) is 9.90 Å². The summed E-state index contributed by atoms with van der Waals surface area (Å²) in [5.41, 5.74) is -0.100. The Morgan fingerprint density at radius 1 is 1.18 bits per heavy atom. The van der Waals surface area contributed by atoms with E-state index in [-0.39, 0.29) is 17.3 Å². The number of benzene rings is 1. The van der Waals surface area contributed by atoms with Gasteiger partial charge in [-0.15, -0.1) is 0 Å². The smallest absolute Gasteiger partial charge is 0.176 e. The third-order valence-electron chi connectivity index (χ3n) is 4.17. The first-order valence-electron chi connectivity index (χ1n) is 7.61. The molecule has 122 valence electrons. The van der Waals surface area contributed by atoms with E-state index >= 15 is 0 Å². The summed E-state index contributed by atoms with van der Waals surface area (Å²) in [6.45, 7) is 12.0. The van der Waals surface area contributed by atoms with Crippen molar-refractivity contribution in [1.82, 2.24) is 0 Å². The number of hydrogen-bond acceptors (Lipinski definition) is 3. The van der Waals surface area contributed by atoms with Crippen LogP contribution in [0.25, 0.3) is 0 Å². The van der Waals surface area contributed by atoms with E-state index in [4.69, 9.17) is 4.74 Å². The lowest BCUT2D eigenvalue weighted by molar-refractivity contribution is -0.0602. The van der Waals surface area contributed by atoms with Crippen molar-refractivity contribution in [1.29, 1.82) is 0 Å². The minimum atomic E-state index is -0.767. The second kappa shape index (κ2) is 5.64. The number of carbonyl (C=O) groups excluding carboxylic acids is 1. The van der Waals surface area contributed by atoms with Gasteiger partial charge in [0.25, 0.3) is 0 Å². The number of fused-ring (bicyclic) bond motifs is 1. The third-order valence-corrected chi connectivity index (χ3v) is 4.66. The van der Waals surface area contributed by atoms with E-state index in [0.29, 0.717) is 11.3 Å². The van der Waals surface area contributed by atoms with Gasteiger partial charge in [0.2, 0.25) is 0 Å². The maximum atomic E-state index is 13.1. The SMILES string of the molecule is CC(C)(C)[C@H](O)[C@@H]1C(=O)c2cc(Br)ccc2O[C@H]1C(C)(C)C. The molecule has 22 heavy (non-hydrogen) atoms. The predicted octanol–water partition coefficient (Wildman–Crippen LogP) is 4.46. The zero-order valence-electron chi connectivity index (χ0n) is 14.1. The van der Waals surface area contributed by atoms with Crippen molar-refractivity contribution < 1.29 is 14.6 Å². The van der Waals surface area contributed by atoms with Gasteiger partial charge in [0.05, 0.1) is 17.6 Å². The highest BCUT2D eigenvalue weighted by Crippen LogP contribution is 2.43. The molecular formula is C18H25BrO3. The fourth-order valence-corrected chi connectivity index (χ4v) is 3.25. The minimum absolute atomic E-state index is 0.0371. The Morgan fingerprint density at radius 3 is 2.27 bits per heavy atom. The van der Waals surface area contributed by atoms with Gasteiger partial charge in [-0.05, 0) is 29.0 Å². The first kappa shape index (κ1) is 17.5. The Balaban J connectivity index is 2.55. The molecule has 0 saturated carbocycles. The number of hydrogen-bond donors (Lipinski definition) is 1. The van der Waals surface area contributed by atoms with Crippen LogP contribution in [0.15, 0.2) is 22.7 Å². The van der Waals surface area contributed by atoms with Gasteiger partial charge >= 0.3 is 0 Å². The first-order valence-corrected chi connectivity index (χ1v) is 8.40. The summed E-state index contributed by atoms with van der Waals surface area (Å²) in [6, 6.07) is 5.46. The average Bonchev–Trinajstić information content (AvgIpc) is 2.36. The second-order valence-corrected chi connectivity index (χ2v) is 9.16. The number of carbonyl (C=O) groups is 1. The highest BCUT2D eigenvalue weighted by molar-refractivity contribution is 9.10. The van der Waals surface area contributed by atoms with E-state index in [2.05, 4.69) is 15.9 Å². The molecule has 1 aromatic carbocycles. The summed E-state index contributed by atoms with van der Waals surface area (Å²) >= 11 is 3.40. The zero-order chi connectivity index (χ0) is 16.9. The van der Waals surface area contributed by atoms with Gasteiger partial charge in [-0.3, -0.25) is 4.79 Å². The number of ether oxygens (including phenoxy) is 1. The van der Waals surface area contributed by atoms with Gasteiger partial charge in [-0.25, -0.2) is 0 Å².